The monoisotopic (exact) mass is 276 g/mol. The highest BCUT2D eigenvalue weighted by atomic mass is 16.3. The van der Waals surface area contributed by atoms with E-state index in [1.165, 1.54) is 25.1 Å². The molecule has 0 amide bonds. The lowest BCUT2D eigenvalue weighted by Gasteiger charge is -2.22. The molecule has 1 aliphatic heterocycles. The van der Waals surface area contributed by atoms with Crippen LogP contribution in [-0.4, -0.2) is 41.8 Å². The third kappa shape index (κ3) is 4.58. The highest BCUT2D eigenvalue weighted by Gasteiger charge is 2.23. The van der Waals surface area contributed by atoms with E-state index in [1.54, 1.807) is 0 Å². The Morgan fingerprint density at radius 3 is 2.75 bits per heavy atom. The first kappa shape index (κ1) is 15.5. The van der Waals surface area contributed by atoms with Gasteiger partial charge >= 0.3 is 0 Å². The van der Waals surface area contributed by atoms with Gasteiger partial charge in [0.15, 0.2) is 0 Å². The van der Waals surface area contributed by atoms with Gasteiger partial charge in [-0.1, -0.05) is 30.3 Å². The van der Waals surface area contributed by atoms with E-state index in [-0.39, 0.29) is 0 Å². The zero-order valence-corrected chi connectivity index (χ0v) is 12.6. The number of hydrogen-bond donors (Lipinski definition) is 2. The molecular weight excluding hydrogens is 248 g/mol. The van der Waals surface area contributed by atoms with E-state index >= 15 is 0 Å². The number of rotatable bonds is 7. The molecule has 0 spiro atoms. The van der Waals surface area contributed by atoms with Crippen molar-refractivity contribution in [2.24, 2.45) is 5.73 Å². The summed E-state index contributed by atoms with van der Waals surface area (Å²) in [6.07, 6.45) is 4.28. The molecule has 3 heteroatoms. The van der Waals surface area contributed by atoms with E-state index in [2.05, 4.69) is 35.2 Å². The Bertz CT molecular complexity index is 391. The SMILES string of the molecule is CC(O)(CN)CCCCN1CCC(c2ccccc2)C1. The van der Waals surface area contributed by atoms with Gasteiger partial charge in [0.2, 0.25) is 0 Å². The number of nitrogens with two attached hydrogens (primary N) is 1. The molecule has 2 rings (SSSR count). The Morgan fingerprint density at radius 1 is 1.30 bits per heavy atom. The van der Waals surface area contributed by atoms with Crippen LogP contribution in [0.2, 0.25) is 0 Å². The number of unbranched alkanes of at least 4 members (excludes halogenated alkanes) is 1. The molecule has 0 aromatic heterocycles. The van der Waals surface area contributed by atoms with Crippen molar-refractivity contribution in [2.75, 3.05) is 26.2 Å². The predicted octanol–water partition coefficient (Wildman–Crippen LogP) is 2.36. The number of hydrogen-bond acceptors (Lipinski definition) is 3. The van der Waals surface area contributed by atoms with Gasteiger partial charge in [0.1, 0.15) is 0 Å². The Labute approximate surface area is 122 Å². The normalized spacial score (nSPS) is 22.9. The summed E-state index contributed by atoms with van der Waals surface area (Å²) in [5, 5.41) is 9.87. The van der Waals surface area contributed by atoms with E-state index < -0.39 is 5.60 Å². The molecule has 3 N–H and O–H groups in total. The van der Waals surface area contributed by atoms with Crippen LogP contribution >= 0.6 is 0 Å². The Hall–Kier alpha value is -0.900. The molecule has 1 aliphatic rings. The summed E-state index contributed by atoms with van der Waals surface area (Å²) in [6.45, 7) is 5.70. The zero-order chi connectivity index (χ0) is 14.4. The Balaban J connectivity index is 1.67. The third-order valence-corrected chi connectivity index (χ3v) is 4.42. The molecule has 2 unspecified atom stereocenters. The first-order valence-electron chi connectivity index (χ1n) is 7.80. The summed E-state index contributed by atoms with van der Waals surface area (Å²) < 4.78 is 0. The van der Waals surface area contributed by atoms with Crippen LogP contribution in [0.15, 0.2) is 30.3 Å². The van der Waals surface area contributed by atoms with Crippen molar-refractivity contribution in [3.8, 4) is 0 Å². The first-order chi connectivity index (χ1) is 9.61. The molecule has 1 fully saturated rings. The quantitative estimate of drug-likeness (QED) is 0.752. The number of benzene rings is 1. The maximum atomic E-state index is 9.87. The summed E-state index contributed by atoms with van der Waals surface area (Å²) in [7, 11) is 0. The van der Waals surface area contributed by atoms with E-state index in [1.807, 2.05) is 6.92 Å². The van der Waals surface area contributed by atoms with E-state index in [9.17, 15) is 5.11 Å². The van der Waals surface area contributed by atoms with Gasteiger partial charge in [-0.05, 0) is 57.2 Å². The van der Waals surface area contributed by atoms with Crippen LogP contribution in [0.25, 0.3) is 0 Å². The minimum atomic E-state index is -0.683. The fourth-order valence-electron chi connectivity index (χ4n) is 2.98. The Morgan fingerprint density at radius 2 is 2.05 bits per heavy atom. The molecule has 0 aliphatic carbocycles. The second-order valence-electron chi connectivity index (χ2n) is 6.36. The maximum absolute atomic E-state index is 9.87. The summed E-state index contributed by atoms with van der Waals surface area (Å²) in [5.41, 5.74) is 6.32. The molecule has 3 nitrogen and oxygen atoms in total. The van der Waals surface area contributed by atoms with Crippen LogP contribution < -0.4 is 5.73 Å². The topological polar surface area (TPSA) is 49.5 Å². The number of nitrogens with zero attached hydrogens (tertiary/aromatic N) is 1. The van der Waals surface area contributed by atoms with Gasteiger partial charge in [0.25, 0.3) is 0 Å². The molecule has 0 bridgehead atoms. The van der Waals surface area contributed by atoms with Crippen molar-refractivity contribution >= 4 is 0 Å². The van der Waals surface area contributed by atoms with Crippen LogP contribution in [0.3, 0.4) is 0 Å². The molecule has 1 aromatic carbocycles. The summed E-state index contributed by atoms with van der Waals surface area (Å²) in [6, 6.07) is 10.8. The summed E-state index contributed by atoms with van der Waals surface area (Å²) in [5.74, 6) is 0.698. The van der Waals surface area contributed by atoms with Crippen molar-refractivity contribution in [3.63, 3.8) is 0 Å². The summed E-state index contributed by atoms with van der Waals surface area (Å²) >= 11 is 0. The molecule has 0 saturated carbocycles. The standard InChI is InChI=1S/C17H28N2O/c1-17(20,14-18)10-5-6-11-19-12-9-16(13-19)15-7-3-2-4-8-15/h2-4,7-8,16,20H,5-6,9-14,18H2,1H3. The average Bonchev–Trinajstić information content (AvgIpc) is 2.93. The number of aliphatic hydroxyl groups is 1. The zero-order valence-electron chi connectivity index (χ0n) is 12.6. The fourth-order valence-corrected chi connectivity index (χ4v) is 2.98. The predicted molar refractivity (Wildman–Crippen MR) is 83.8 cm³/mol. The maximum Gasteiger partial charge on any atom is 0.0741 e. The van der Waals surface area contributed by atoms with Crippen molar-refractivity contribution < 1.29 is 5.11 Å². The minimum Gasteiger partial charge on any atom is -0.389 e. The van der Waals surface area contributed by atoms with Gasteiger partial charge in [-0.2, -0.15) is 0 Å². The smallest absolute Gasteiger partial charge is 0.0741 e. The second-order valence-corrected chi connectivity index (χ2v) is 6.36. The van der Waals surface area contributed by atoms with Gasteiger partial charge in [0.05, 0.1) is 5.60 Å². The van der Waals surface area contributed by atoms with Crippen molar-refractivity contribution in [2.45, 2.75) is 44.1 Å². The lowest BCUT2D eigenvalue weighted by Crippen LogP contribution is -2.34. The van der Waals surface area contributed by atoms with E-state index in [0.29, 0.717) is 12.5 Å². The minimum absolute atomic E-state index is 0.354. The van der Waals surface area contributed by atoms with Crippen molar-refractivity contribution in [3.05, 3.63) is 35.9 Å². The molecular formula is C17H28N2O. The van der Waals surface area contributed by atoms with E-state index in [0.717, 1.165) is 25.8 Å². The van der Waals surface area contributed by atoms with Gasteiger partial charge in [0, 0.05) is 13.1 Å². The average molecular weight is 276 g/mol. The van der Waals surface area contributed by atoms with Gasteiger partial charge in [-0.25, -0.2) is 0 Å². The largest absolute Gasteiger partial charge is 0.389 e. The lowest BCUT2D eigenvalue weighted by atomic mass is 9.98. The highest BCUT2D eigenvalue weighted by Crippen LogP contribution is 2.27. The van der Waals surface area contributed by atoms with Crippen LogP contribution in [0.4, 0.5) is 0 Å². The molecule has 2 atom stereocenters. The molecule has 1 heterocycles. The highest BCUT2D eigenvalue weighted by molar-refractivity contribution is 5.20. The molecule has 1 saturated heterocycles. The summed E-state index contributed by atoms with van der Waals surface area (Å²) in [4.78, 5) is 2.55. The molecule has 20 heavy (non-hydrogen) atoms. The molecule has 0 radical (unpaired) electrons. The second kappa shape index (κ2) is 7.21. The van der Waals surface area contributed by atoms with Crippen LogP contribution in [0.5, 0.6) is 0 Å². The van der Waals surface area contributed by atoms with Crippen molar-refractivity contribution in [1.29, 1.82) is 0 Å². The van der Waals surface area contributed by atoms with Crippen molar-refractivity contribution in [1.82, 2.24) is 4.90 Å². The molecule has 112 valence electrons. The van der Waals surface area contributed by atoms with Crippen LogP contribution in [-0.2, 0) is 0 Å². The van der Waals surface area contributed by atoms with Crippen LogP contribution in [0, 0.1) is 0 Å². The first-order valence-corrected chi connectivity index (χ1v) is 7.80. The van der Waals surface area contributed by atoms with Gasteiger partial charge < -0.3 is 15.7 Å². The molecule has 1 aromatic rings. The van der Waals surface area contributed by atoms with Gasteiger partial charge in [-0.3, -0.25) is 0 Å². The third-order valence-electron chi connectivity index (χ3n) is 4.42. The van der Waals surface area contributed by atoms with Gasteiger partial charge in [-0.15, -0.1) is 0 Å². The Kier molecular flexibility index (Phi) is 5.58. The van der Waals surface area contributed by atoms with Crippen LogP contribution in [0.1, 0.15) is 44.1 Å². The van der Waals surface area contributed by atoms with E-state index in [4.69, 9.17) is 5.73 Å². The fraction of sp³-hybridized carbons (Fsp3) is 0.647. The lowest BCUT2D eigenvalue weighted by molar-refractivity contribution is 0.0566. The number of likely N-dealkylation sites (tertiary alicyclic amines) is 1.